The van der Waals surface area contributed by atoms with Crippen molar-refractivity contribution in [2.45, 2.75) is 26.1 Å². The second-order valence-electron chi connectivity index (χ2n) is 6.13. The average molecular weight is 378 g/mol. The molecule has 0 saturated carbocycles. The van der Waals surface area contributed by atoms with E-state index in [1.807, 2.05) is 43.1 Å². The third kappa shape index (κ3) is 6.21. The van der Waals surface area contributed by atoms with Crippen LogP contribution in [0, 0.1) is 0 Å². The largest absolute Gasteiger partial charge is 0.496 e. The second-order valence-corrected chi connectivity index (χ2v) is 6.13. The van der Waals surface area contributed by atoms with Gasteiger partial charge < -0.3 is 14.8 Å². The summed E-state index contributed by atoms with van der Waals surface area (Å²) in [6, 6.07) is 13.9. The van der Waals surface area contributed by atoms with E-state index in [-0.39, 0.29) is 24.2 Å². The lowest BCUT2D eigenvalue weighted by Gasteiger charge is -2.25. The lowest BCUT2D eigenvalue weighted by molar-refractivity contribution is -0.122. The van der Waals surface area contributed by atoms with Gasteiger partial charge in [-0.25, -0.2) is 0 Å². The van der Waals surface area contributed by atoms with Gasteiger partial charge in [0, 0.05) is 18.2 Å². The van der Waals surface area contributed by atoms with E-state index in [2.05, 4.69) is 10.1 Å². The highest BCUT2D eigenvalue weighted by Crippen LogP contribution is 2.27. The minimum absolute atomic E-state index is 0.00215. The number of halogens is 2. The topological polar surface area (TPSA) is 50.8 Å². The zero-order valence-corrected chi connectivity index (χ0v) is 15.6. The molecule has 0 heterocycles. The molecule has 1 atom stereocenters. The first-order chi connectivity index (χ1) is 12.9. The second kappa shape index (κ2) is 9.87. The quantitative estimate of drug-likeness (QED) is 0.724. The van der Waals surface area contributed by atoms with Gasteiger partial charge in [-0.05, 0) is 37.7 Å². The van der Waals surface area contributed by atoms with Gasteiger partial charge in [0.1, 0.15) is 11.5 Å². The van der Waals surface area contributed by atoms with Gasteiger partial charge in [-0.2, -0.15) is 8.78 Å². The van der Waals surface area contributed by atoms with Crippen LogP contribution in [0.25, 0.3) is 0 Å². The maximum absolute atomic E-state index is 12.2. The van der Waals surface area contributed by atoms with Gasteiger partial charge in [0.15, 0.2) is 0 Å². The Balaban J connectivity index is 1.86. The molecular weight excluding hydrogens is 354 g/mol. The van der Waals surface area contributed by atoms with Crippen molar-refractivity contribution >= 4 is 5.91 Å². The van der Waals surface area contributed by atoms with Crippen molar-refractivity contribution in [1.29, 1.82) is 0 Å². The van der Waals surface area contributed by atoms with Gasteiger partial charge >= 0.3 is 6.61 Å². The molecule has 1 unspecified atom stereocenters. The van der Waals surface area contributed by atoms with Crippen LogP contribution in [0.2, 0.25) is 0 Å². The van der Waals surface area contributed by atoms with Gasteiger partial charge in [0.2, 0.25) is 5.91 Å². The maximum Gasteiger partial charge on any atom is 0.387 e. The molecule has 0 radical (unpaired) electrons. The number of carbonyl (C=O) groups is 1. The summed E-state index contributed by atoms with van der Waals surface area (Å²) >= 11 is 0. The number of amides is 1. The standard InChI is InChI=1S/C20H24F2N2O3/c1-14(17-6-4-5-7-18(17)26-3)24(2)13-19(25)23-12-15-8-10-16(11-9-15)27-20(21)22/h4-11,14,20H,12-13H2,1-3H3,(H,23,25). The van der Waals surface area contributed by atoms with E-state index in [1.54, 1.807) is 19.2 Å². The van der Waals surface area contributed by atoms with Gasteiger partial charge in [-0.3, -0.25) is 9.69 Å². The summed E-state index contributed by atoms with van der Waals surface area (Å²) in [5.41, 5.74) is 1.80. The van der Waals surface area contributed by atoms with Crippen LogP contribution in [0.5, 0.6) is 11.5 Å². The molecular formula is C20H24F2N2O3. The van der Waals surface area contributed by atoms with E-state index in [4.69, 9.17) is 4.74 Å². The number of rotatable bonds is 9. The van der Waals surface area contributed by atoms with Crippen LogP contribution >= 0.6 is 0 Å². The summed E-state index contributed by atoms with van der Waals surface area (Å²) < 4.78 is 34.0. The molecule has 146 valence electrons. The van der Waals surface area contributed by atoms with Crippen molar-refractivity contribution < 1.29 is 23.0 Å². The molecule has 0 aromatic heterocycles. The molecule has 0 aliphatic carbocycles. The SMILES string of the molecule is COc1ccccc1C(C)N(C)CC(=O)NCc1ccc(OC(F)F)cc1. The first kappa shape index (κ1) is 20.6. The van der Waals surface area contributed by atoms with Crippen LogP contribution in [-0.2, 0) is 11.3 Å². The molecule has 27 heavy (non-hydrogen) atoms. The Morgan fingerprint density at radius 1 is 1.15 bits per heavy atom. The molecule has 0 aliphatic rings. The van der Waals surface area contributed by atoms with Crippen molar-refractivity contribution in [3.63, 3.8) is 0 Å². The molecule has 0 aliphatic heterocycles. The number of likely N-dealkylation sites (N-methyl/N-ethyl adjacent to an activating group) is 1. The molecule has 5 nitrogen and oxygen atoms in total. The van der Waals surface area contributed by atoms with E-state index in [0.29, 0.717) is 6.54 Å². The van der Waals surface area contributed by atoms with E-state index < -0.39 is 6.61 Å². The monoisotopic (exact) mass is 378 g/mol. The Hall–Kier alpha value is -2.67. The smallest absolute Gasteiger partial charge is 0.387 e. The molecule has 2 rings (SSSR count). The van der Waals surface area contributed by atoms with Crippen molar-refractivity contribution in [1.82, 2.24) is 10.2 Å². The lowest BCUT2D eigenvalue weighted by Crippen LogP contribution is -2.36. The lowest BCUT2D eigenvalue weighted by atomic mass is 10.1. The number of alkyl halides is 2. The van der Waals surface area contributed by atoms with Crippen LogP contribution in [0.4, 0.5) is 8.78 Å². The first-order valence-electron chi connectivity index (χ1n) is 8.54. The van der Waals surface area contributed by atoms with Crippen molar-refractivity contribution in [3.05, 3.63) is 59.7 Å². The van der Waals surface area contributed by atoms with Crippen LogP contribution in [0.15, 0.2) is 48.5 Å². The first-order valence-corrected chi connectivity index (χ1v) is 8.54. The predicted octanol–water partition coefficient (Wildman–Crippen LogP) is 3.61. The number of para-hydroxylation sites is 1. The molecule has 0 spiro atoms. The molecule has 2 aromatic rings. The van der Waals surface area contributed by atoms with Gasteiger partial charge in [0.05, 0.1) is 13.7 Å². The minimum atomic E-state index is -2.85. The summed E-state index contributed by atoms with van der Waals surface area (Å²) in [5, 5.41) is 2.82. The molecule has 1 N–H and O–H groups in total. The van der Waals surface area contributed by atoms with E-state index >= 15 is 0 Å². The van der Waals surface area contributed by atoms with E-state index in [0.717, 1.165) is 16.9 Å². The van der Waals surface area contributed by atoms with Gasteiger partial charge in [-0.1, -0.05) is 30.3 Å². The number of nitrogens with zero attached hydrogens (tertiary/aromatic N) is 1. The number of benzene rings is 2. The molecule has 7 heteroatoms. The fourth-order valence-electron chi connectivity index (χ4n) is 2.66. The minimum Gasteiger partial charge on any atom is -0.496 e. The van der Waals surface area contributed by atoms with E-state index in [1.165, 1.54) is 12.1 Å². The number of ether oxygens (including phenoxy) is 2. The number of hydrogen-bond acceptors (Lipinski definition) is 4. The molecule has 0 saturated heterocycles. The predicted molar refractivity (Wildman–Crippen MR) is 99.0 cm³/mol. The fourth-order valence-corrected chi connectivity index (χ4v) is 2.66. The summed E-state index contributed by atoms with van der Waals surface area (Å²) in [6.07, 6.45) is 0. The third-order valence-electron chi connectivity index (χ3n) is 4.28. The Bertz CT molecular complexity index is 738. The van der Waals surface area contributed by atoms with Crippen LogP contribution in [-0.4, -0.2) is 38.1 Å². The fraction of sp³-hybridized carbons (Fsp3) is 0.350. The number of nitrogens with one attached hydrogen (secondary N) is 1. The Labute approximate surface area is 157 Å². The summed E-state index contributed by atoms with van der Waals surface area (Å²) in [7, 11) is 3.49. The summed E-state index contributed by atoms with van der Waals surface area (Å²) in [5.74, 6) is 0.737. The van der Waals surface area contributed by atoms with Gasteiger partial charge in [0.25, 0.3) is 0 Å². The van der Waals surface area contributed by atoms with Crippen molar-refractivity contribution in [2.75, 3.05) is 20.7 Å². The zero-order chi connectivity index (χ0) is 19.8. The number of carbonyl (C=O) groups excluding carboxylic acids is 1. The molecule has 0 fully saturated rings. The van der Waals surface area contributed by atoms with Crippen LogP contribution in [0.3, 0.4) is 0 Å². The Morgan fingerprint density at radius 2 is 1.81 bits per heavy atom. The average Bonchev–Trinajstić information content (AvgIpc) is 2.66. The number of hydrogen-bond donors (Lipinski definition) is 1. The summed E-state index contributed by atoms with van der Waals surface area (Å²) in [4.78, 5) is 14.1. The molecule has 1 amide bonds. The van der Waals surface area contributed by atoms with Crippen LogP contribution < -0.4 is 14.8 Å². The zero-order valence-electron chi connectivity index (χ0n) is 15.6. The maximum atomic E-state index is 12.2. The van der Waals surface area contributed by atoms with Crippen LogP contribution in [0.1, 0.15) is 24.1 Å². The summed E-state index contributed by atoms with van der Waals surface area (Å²) in [6.45, 7) is -0.320. The van der Waals surface area contributed by atoms with E-state index in [9.17, 15) is 13.6 Å². The third-order valence-corrected chi connectivity index (χ3v) is 4.28. The molecule has 2 aromatic carbocycles. The highest BCUT2D eigenvalue weighted by molar-refractivity contribution is 5.78. The Kier molecular flexibility index (Phi) is 7.55. The Morgan fingerprint density at radius 3 is 2.44 bits per heavy atom. The van der Waals surface area contributed by atoms with Crippen molar-refractivity contribution in [2.24, 2.45) is 0 Å². The highest BCUT2D eigenvalue weighted by Gasteiger charge is 2.17. The van der Waals surface area contributed by atoms with Crippen molar-refractivity contribution in [3.8, 4) is 11.5 Å². The number of methoxy groups -OCH3 is 1. The normalized spacial score (nSPS) is 12.1. The van der Waals surface area contributed by atoms with Gasteiger partial charge in [-0.15, -0.1) is 0 Å². The molecule has 0 bridgehead atoms. The highest BCUT2D eigenvalue weighted by atomic mass is 19.3.